The van der Waals surface area contributed by atoms with Gasteiger partial charge in [0.1, 0.15) is 10.6 Å². The number of sulfonamides is 1. The molecule has 0 saturated carbocycles. The van der Waals surface area contributed by atoms with Crippen molar-refractivity contribution in [1.29, 1.82) is 0 Å². The normalized spacial score (nSPS) is 16.8. The largest absolute Gasteiger partial charge is 0.492 e. The van der Waals surface area contributed by atoms with Crippen molar-refractivity contribution < 1.29 is 17.9 Å². The van der Waals surface area contributed by atoms with Crippen LogP contribution < -0.4 is 15.8 Å². The van der Waals surface area contributed by atoms with Gasteiger partial charge in [-0.15, -0.1) is 0 Å². The molecular weight excluding hydrogens is 342 g/mol. The van der Waals surface area contributed by atoms with Crippen LogP contribution in [0.5, 0.6) is 5.75 Å². The number of anilines is 1. The SMILES string of the molecule is CCOc1ccc(NC(=O)[C@@H](N)C(C)C)cc1S(=O)(=O)N1CCCC1. The first-order chi connectivity index (χ1) is 11.8. The number of nitrogens with zero attached hydrogens (tertiary/aromatic N) is 1. The Labute approximate surface area is 149 Å². The summed E-state index contributed by atoms with van der Waals surface area (Å²) in [5.41, 5.74) is 6.24. The van der Waals surface area contributed by atoms with Crippen LogP contribution in [-0.4, -0.2) is 44.4 Å². The maximum atomic E-state index is 12.9. The molecule has 1 aromatic rings. The second-order valence-electron chi connectivity index (χ2n) is 6.46. The zero-order valence-electron chi connectivity index (χ0n) is 15.0. The van der Waals surface area contributed by atoms with Crippen LogP contribution in [0.1, 0.15) is 33.6 Å². The van der Waals surface area contributed by atoms with Crippen molar-refractivity contribution in [3.63, 3.8) is 0 Å². The minimum atomic E-state index is -3.66. The van der Waals surface area contributed by atoms with E-state index in [1.165, 1.54) is 10.4 Å². The molecule has 2 rings (SSSR count). The Balaban J connectivity index is 2.35. The first-order valence-corrected chi connectivity index (χ1v) is 10.0. The molecule has 0 bridgehead atoms. The lowest BCUT2D eigenvalue weighted by Gasteiger charge is -2.20. The van der Waals surface area contributed by atoms with Crippen molar-refractivity contribution in [1.82, 2.24) is 4.31 Å². The van der Waals surface area contributed by atoms with E-state index < -0.39 is 16.1 Å². The molecule has 1 aliphatic rings. The number of carbonyl (C=O) groups is 1. The number of amides is 1. The van der Waals surface area contributed by atoms with Crippen LogP contribution in [0.3, 0.4) is 0 Å². The third-order valence-corrected chi connectivity index (χ3v) is 6.13. The Hall–Kier alpha value is -1.64. The van der Waals surface area contributed by atoms with Crippen LogP contribution in [0.2, 0.25) is 0 Å². The van der Waals surface area contributed by atoms with E-state index in [0.29, 0.717) is 31.1 Å². The zero-order chi connectivity index (χ0) is 18.6. The van der Waals surface area contributed by atoms with Gasteiger partial charge in [0.05, 0.1) is 12.6 Å². The summed E-state index contributed by atoms with van der Waals surface area (Å²) in [4.78, 5) is 12.2. The van der Waals surface area contributed by atoms with Crippen molar-refractivity contribution >= 4 is 21.6 Å². The van der Waals surface area contributed by atoms with Gasteiger partial charge in [-0.25, -0.2) is 8.42 Å². The van der Waals surface area contributed by atoms with E-state index in [2.05, 4.69) is 5.32 Å². The predicted molar refractivity (Wildman–Crippen MR) is 97.0 cm³/mol. The van der Waals surface area contributed by atoms with E-state index in [1.54, 1.807) is 19.1 Å². The lowest BCUT2D eigenvalue weighted by Crippen LogP contribution is -2.39. The van der Waals surface area contributed by atoms with Crippen LogP contribution in [0, 0.1) is 5.92 Å². The van der Waals surface area contributed by atoms with Gasteiger partial charge in [-0.2, -0.15) is 4.31 Å². The molecule has 1 saturated heterocycles. The quantitative estimate of drug-likeness (QED) is 0.763. The summed E-state index contributed by atoms with van der Waals surface area (Å²) in [5, 5.41) is 2.69. The van der Waals surface area contributed by atoms with Gasteiger partial charge in [0, 0.05) is 18.8 Å². The van der Waals surface area contributed by atoms with Crippen molar-refractivity contribution in [2.24, 2.45) is 11.7 Å². The Morgan fingerprint density at radius 3 is 2.52 bits per heavy atom. The Morgan fingerprint density at radius 2 is 1.96 bits per heavy atom. The van der Waals surface area contributed by atoms with Crippen LogP contribution in [-0.2, 0) is 14.8 Å². The number of hydrogen-bond donors (Lipinski definition) is 2. The molecule has 1 atom stereocenters. The fraction of sp³-hybridized carbons (Fsp3) is 0.588. The lowest BCUT2D eigenvalue weighted by molar-refractivity contribution is -0.118. The van der Waals surface area contributed by atoms with Gasteiger partial charge >= 0.3 is 0 Å². The molecule has 8 heteroatoms. The first-order valence-electron chi connectivity index (χ1n) is 8.60. The van der Waals surface area contributed by atoms with E-state index in [9.17, 15) is 13.2 Å². The summed E-state index contributed by atoms with van der Waals surface area (Å²) in [5.74, 6) is -0.0697. The number of ether oxygens (including phenoxy) is 1. The van der Waals surface area contributed by atoms with Gasteiger partial charge in [-0.05, 0) is 43.9 Å². The van der Waals surface area contributed by atoms with Crippen LogP contribution >= 0.6 is 0 Å². The highest BCUT2D eigenvalue weighted by Gasteiger charge is 2.30. The molecule has 140 valence electrons. The zero-order valence-corrected chi connectivity index (χ0v) is 15.8. The van der Waals surface area contributed by atoms with E-state index in [4.69, 9.17) is 10.5 Å². The smallest absolute Gasteiger partial charge is 0.246 e. The molecule has 1 aliphatic heterocycles. The van der Waals surface area contributed by atoms with Gasteiger partial charge < -0.3 is 15.8 Å². The fourth-order valence-corrected chi connectivity index (χ4v) is 4.33. The number of hydrogen-bond acceptors (Lipinski definition) is 5. The molecule has 0 radical (unpaired) electrons. The Bertz CT molecular complexity index is 713. The maximum Gasteiger partial charge on any atom is 0.246 e. The average molecular weight is 369 g/mol. The van der Waals surface area contributed by atoms with E-state index in [1.807, 2.05) is 13.8 Å². The second kappa shape index (κ2) is 8.16. The molecule has 0 spiro atoms. The maximum absolute atomic E-state index is 12.9. The van der Waals surface area contributed by atoms with Gasteiger partial charge in [0.2, 0.25) is 15.9 Å². The van der Waals surface area contributed by atoms with Crippen molar-refractivity contribution in [2.45, 2.75) is 44.6 Å². The summed E-state index contributed by atoms with van der Waals surface area (Å²) in [6, 6.07) is 3.98. The number of benzene rings is 1. The van der Waals surface area contributed by atoms with Crippen molar-refractivity contribution in [3.05, 3.63) is 18.2 Å². The number of nitrogens with one attached hydrogen (secondary N) is 1. The van der Waals surface area contributed by atoms with Gasteiger partial charge in [-0.1, -0.05) is 13.8 Å². The van der Waals surface area contributed by atoms with E-state index in [-0.39, 0.29) is 16.7 Å². The van der Waals surface area contributed by atoms with Gasteiger partial charge in [-0.3, -0.25) is 4.79 Å². The number of carbonyl (C=O) groups excluding carboxylic acids is 1. The Morgan fingerprint density at radius 1 is 1.32 bits per heavy atom. The fourth-order valence-electron chi connectivity index (χ4n) is 2.66. The minimum Gasteiger partial charge on any atom is -0.492 e. The second-order valence-corrected chi connectivity index (χ2v) is 8.37. The molecule has 3 N–H and O–H groups in total. The molecule has 0 aromatic heterocycles. The topological polar surface area (TPSA) is 102 Å². The molecular formula is C17H27N3O4S. The lowest BCUT2D eigenvalue weighted by atomic mass is 10.0. The monoisotopic (exact) mass is 369 g/mol. The first kappa shape index (κ1) is 19.7. The Kier molecular flexibility index (Phi) is 6.42. The predicted octanol–water partition coefficient (Wildman–Crippen LogP) is 1.79. The molecule has 1 amide bonds. The van der Waals surface area contributed by atoms with Crippen LogP contribution in [0.15, 0.2) is 23.1 Å². The van der Waals surface area contributed by atoms with Gasteiger partial charge in [0.25, 0.3) is 0 Å². The standard InChI is InChI=1S/C17H27N3O4S/c1-4-24-14-8-7-13(19-17(21)16(18)12(2)3)11-15(14)25(22,23)20-9-5-6-10-20/h7-8,11-12,16H,4-6,9-10,18H2,1-3H3,(H,19,21)/t16-/m0/s1. The number of rotatable bonds is 7. The summed E-state index contributed by atoms with van der Waals surface area (Å²) < 4.78 is 32.8. The summed E-state index contributed by atoms with van der Waals surface area (Å²) in [7, 11) is -3.66. The average Bonchev–Trinajstić information content (AvgIpc) is 3.10. The molecule has 7 nitrogen and oxygen atoms in total. The third kappa shape index (κ3) is 4.50. The molecule has 25 heavy (non-hydrogen) atoms. The molecule has 0 unspecified atom stereocenters. The molecule has 1 fully saturated rings. The van der Waals surface area contributed by atoms with Crippen molar-refractivity contribution in [3.8, 4) is 5.75 Å². The summed E-state index contributed by atoms with van der Waals surface area (Å²) in [6.07, 6.45) is 1.70. The highest BCUT2D eigenvalue weighted by atomic mass is 32.2. The van der Waals surface area contributed by atoms with Crippen molar-refractivity contribution in [2.75, 3.05) is 25.0 Å². The number of nitrogens with two attached hydrogens (primary N) is 1. The molecule has 1 heterocycles. The highest BCUT2D eigenvalue weighted by Crippen LogP contribution is 2.31. The van der Waals surface area contributed by atoms with Crippen LogP contribution in [0.4, 0.5) is 5.69 Å². The highest BCUT2D eigenvalue weighted by molar-refractivity contribution is 7.89. The molecule has 1 aromatic carbocycles. The van der Waals surface area contributed by atoms with E-state index >= 15 is 0 Å². The summed E-state index contributed by atoms with van der Waals surface area (Å²) in [6.45, 7) is 6.86. The summed E-state index contributed by atoms with van der Waals surface area (Å²) >= 11 is 0. The van der Waals surface area contributed by atoms with Crippen LogP contribution in [0.25, 0.3) is 0 Å². The minimum absolute atomic E-state index is 0.0181. The molecule has 0 aliphatic carbocycles. The van der Waals surface area contributed by atoms with Gasteiger partial charge in [0.15, 0.2) is 0 Å². The van der Waals surface area contributed by atoms with E-state index in [0.717, 1.165) is 12.8 Å². The third-order valence-electron chi connectivity index (χ3n) is 4.21.